The Morgan fingerprint density at radius 1 is 0.514 bits per heavy atom. The first-order chi connectivity index (χ1) is 53.1. The number of hydrogen-bond acceptors (Lipinski definition) is 19. The Morgan fingerprint density at radius 3 is 1.25 bits per heavy atom. The lowest BCUT2D eigenvalue weighted by molar-refractivity contribution is -0.132. The number of hydrogen-bond donors (Lipinski definition) is 11. The highest BCUT2D eigenvalue weighted by molar-refractivity contribution is 6.32. The average molecular weight is 1520 g/mol. The summed E-state index contributed by atoms with van der Waals surface area (Å²) in [7, 11) is 11.6. The highest BCUT2D eigenvalue weighted by atomic mass is 35.5. The number of nitrogens with zero attached hydrogens (tertiary/aromatic N) is 9. The number of phenols is 2. The van der Waals surface area contributed by atoms with Gasteiger partial charge in [0.1, 0.15) is 78.9 Å². The molecule has 0 saturated heterocycles. The Morgan fingerprint density at radius 2 is 0.874 bits per heavy atom. The molecule has 15 rings (SSSR count). The van der Waals surface area contributed by atoms with Crippen LogP contribution in [-0.2, 0) is 57.7 Å². The Kier molecular flexibility index (Phi) is 21.6. The van der Waals surface area contributed by atoms with E-state index in [0.29, 0.717) is 125 Å². The number of benzene rings is 6. The van der Waals surface area contributed by atoms with Crippen molar-refractivity contribution in [3.8, 4) is 67.7 Å². The van der Waals surface area contributed by atoms with Crippen LogP contribution >= 0.6 is 11.6 Å². The fourth-order valence-corrected chi connectivity index (χ4v) is 14.3. The number of rotatable bonds is 16. The quantitative estimate of drug-likeness (QED) is 0.0243. The van der Waals surface area contributed by atoms with Crippen molar-refractivity contribution in [1.29, 1.82) is 0 Å². The molecule has 6 heterocycles. The first-order valence-electron chi connectivity index (χ1n) is 35.4. The number of likely N-dealkylation sites (N-methyl/N-ethyl adjacent to an activating group) is 3. The first-order valence-corrected chi connectivity index (χ1v) is 35.8. The lowest BCUT2D eigenvalue weighted by Gasteiger charge is -2.22. The van der Waals surface area contributed by atoms with Crippen LogP contribution in [0.3, 0.4) is 0 Å². The van der Waals surface area contributed by atoms with Gasteiger partial charge in [0, 0.05) is 114 Å². The van der Waals surface area contributed by atoms with Crippen LogP contribution < -0.4 is 54.6 Å². The predicted molar refractivity (Wildman–Crippen MR) is 430 cm³/mol. The van der Waals surface area contributed by atoms with Crippen molar-refractivity contribution in [1.82, 2.24) is 59.0 Å². The third-order valence-corrected chi connectivity index (χ3v) is 19.4. The molecule has 3 aliphatic rings. The summed E-state index contributed by atoms with van der Waals surface area (Å²) in [6.45, 7) is 5.17. The molecule has 0 fully saturated rings. The molecule has 6 aromatic carbocycles. The minimum atomic E-state index is -0.648. The van der Waals surface area contributed by atoms with Gasteiger partial charge >= 0.3 is 5.97 Å². The number of phenolic OH excluding ortho intramolecular Hbond substituents is 2. The molecular formula is C81H80ClFN18O10. The smallest absolute Gasteiger partial charge is 0.308 e. The normalized spacial score (nSPS) is 12.7. The number of fused-ring (bicyclic) bond motifs is 15. The summed E-state index contributed by atoms with van der Waals surface area (Å²) in [4.78, 5) is 103. The van der Waals surface area contributed by atoms with Crippen LogP contribution in [0.15, 0.2) is 160 Å². The lowest BCUT2D eigenvalue weighted by atomic mass is 9.86. The summed E-state index contributed by atoms with van der Waals surface area (Å²) in [6, 6.07) is 30.0. The molecular weight excluding hydrogens is 1440 g/mol. The minimum Gasteiger partial charge on any atom is -0.508 e. The molecule has 0 bridgehead atoms. The van der Waals surface area contributed by atoms with E-state index in [1.807, 2.05) is 125 Å². The van der Waals surface area contributed by atoms with Crippen molar-refractivity contribution >= 4 is 103 Å². The van der Waals surface area contributed by atoms with Crippen molar-refractivity contribution in [2.24, 2.45) is 0 Å². The van der Waals surface area contributed by atoms with Crippen LogP contribution in [0.1, 0.15) is 46.3 Å². The second kappa shape index (κ2) is 31.5. The fourth-order valence-electron chi connectivity index (χ4n) is 14.1. The number of carbonyl (C=O) groups is 4. The van der Waals surface area contributed by atoms with E-state index in [1.165, 1.54) is 64.8 Å². The van der Waals surface area contributed by atoms with Crippen LogP contribution in [0.4, 0.5) is 38.9 Å². The number of H-pyrrole nitrogens is 3. The lowest BCUT2D eigenvalue weighted by Crippen LogP contribution is -2.18. The Hall–Kier alpha value is -13.2. The first kappa shape index (κ1) is 76.0. The standard InChI is InChI=1S/C29H30N6O4.C26H25ClN6O3.C26H25FN6O3/c1-16-10-11-18(39-17(2)36)15-23(16)35-28(30)26-27(33-35)25-20-7-5-8-21(31-24(37)9-6-14-34(3)4)19(20)12-13-22(25)32-29(26)38;2*1-32(2)12-4-7-21(35)29-18-6-3-5-16-15(18)9-11-19-22(16)24-23(26(36)30-19)25(28)33(31-24)20-13-14(34)8-10-17(20)27/h5-11,15H,12-14,30H2,1-4H3,(H,31,37)(H,32,38);2*3-8,10,13,34H,9,11-12,28H2,1-2H3,(H,29,35)(H,30,36)/b9-6+;2*7-4+. The third kappa shape index (κ3) is 15.5. The maximum atomic E-state index is 14.6. The monoisotopic (exact) mass is 1520 g/mol. The second-order valence-electron chi connectivity index (χ2n) is 27.8. The van der Waals surface area contributed by atoms with E-state index in [0.717, 1.165) is 72.2 Å². The number of ether oxygens (including phenoxy) is 1. The molecule has 0 spiro atoms. The maximum absolute atomic E-state index is 14.6. The van der Waals surface area contributed by atoms with Crippen molar-refractivity contribution < 1.29 is 38.5 Å². The summed E-state index contributed by atoms with van der Waals surface area (Å²) >= 11 is 6.36. The topological polar surface area (TPSA) is 394 Å². The number of anilines is 6. The molecule has 14 N–H and O–H groups in total. The number of aryl methyl sites for hydroxylation is 4. The van der Waals surface area contributed by atoms with Crippen LogP contribution in [0, 0.1) is 12.7 Å². The van der Waals surface area contributed by atoms with Crippen LogP contribution in [0.2, 0.25) is 5.02 Å². The summed E-state index contributed by atoms with van der Waals surface area (Å²) in [6.07, 6.45) is 13.5. The second-order valence-corrected chi connectivity index (χ2v) is 28.2. The van der Waals surface area contributed by atoms with E-state index in [4.69, 9.17) is 38.6 Å². The zero-order chi connectivity index (χ0) is 79.0. The molecule has 0 radical (unpaired) electrons. The number of pyridine rings is 3. The van der Waals surface area contributed by atoms with Gasteiger partial charge in [-0.05, 0) is 175 Å². The number of carbonyl (C=O) groups excluding carboxylic acids is 4. The maximum Gasteiger partial charge on any atom is 0.308 e. The molecule has 568 valence electrons. The molecule has 0 unspecified atom stereocenters. The van der Waals surface area contributed by atoms with Gasteiger partial charge < -0.3 is 77.8 Å². The van der Waals surface area contributed by atoms with Gasteiger partial charge in [0.05, 0.1) is 16.4 Å². The number of aromatic nitrogens is 9. The van der Waals surface area contributed by atoms with E-state index in [1.54, 1.807) is 30.4 Å². The van der Waals surface area contributed by atoms with Gasteiger partial charge in [0.25, 0.3) is 16.7 Å². The molecule has 30 heteroatoms. The molecule has 3 amide bonds. The number of nitrogens with two attached hydrogens (primary N) is 3. The Labute approximate surface area is 638 Å². The van der Waals surface area contributed by atoms with Gasteiger partial charge in [-0.3, -0.25) is 33.6 Å². The van der Waals surface area contributed by atoms with E-state index in [9.17, 15) is 48.2 Å². The van der Waals surface area contributed by atoms with Crippen LogP contribution in [0.5, 0.6) is 17.2 Å². The number of aromatic hydroxyl groups is 2. The van der Waals surface area contributed by atoms with Crippen LogP contribution in [-0.4, -0.2) is 155 Å². The summed E-state index contributed by atoms with van der Waals surface area (Å²) in [5.41, 5.74) is 32.9. The van der Waals surface area contributed by atoms with Gasteiger partial charge in [-0.2, -0.15) is 15.3 Å². The van der Waals surface area contributed by atoms with E-state index in [2.05, 4.69) is 41.1 Å². The largest absolute Gasteiger partial charge is 0.508 e. The molecule has 0 saturated carbocycles. The number of halogens is 2. The molecule has 0 aliphatic heterocycles. The van der Waals surface area contributed by atoms with Gasteiger partial charge in [-0.15, -0.1) is 0 Å². The molecule has 6 aromatic heterocycles. The predicted octanol–water partition coefficient (Wildman–Crippen LogP) is 9.79. The SMILES string of the molecule is CC(=O)Oc1ccc(C)c(-n2nc3c4c([nH]c(=O)c3c2N)CCc2c(NC(=O)/C=C/CN(C)C)cccc2-4)c1.CN(C)C/C=C/C(=O)Nc1cccc2c1CCc1[nH]c(=O)c3c(N)n(-c4cc(O)ccc4Cl)nc3c1-2.CN(C)C/C=C/C(=O)Nc1cccc2c1CCc1[nH]c(=O)c3c(N)n(-c4cc(O)ccc4F)nc3c1-2. The number of esters is 1. The highest BCUT2D eigenvalue weighted by Gasteiger charge is 2.32. The van der Waals surface area contributed by atoms with Gasteiger partial charge in [-0.1, -0.05) is 72.3 Å². The number of nitrogen functional groups attached to an aromatic ring is 3. The summed E-state index contributed by atoms with van der Waals surface area (Å²) in [5, 5.41) is 43.7. The van der Waals surface area contributed by atoms with Crippen molar-refractivity contribution in [3.63, 3.8) is 0 Å². The Balaban J connectivity index is 0.000000146. The van der Waals surface area contributed by atoms with E-state index in [-0.39, 0.29) is 79.6 Å². The van der Waals surface area contributed by atoms with E-state index < -0.39 is 17.3 Å². The number of amides is 3. The molecule has 3 aliphatic carbocycles. The average Bonchev–Trinajstić information content (AvgIpc) is 1.63. The zero-order valence-electron chi connectivity index (χ0n) is 61.9. The van der Waals surface area contributed by atoms with E-state index >= 15 is 0 Å². The molecule has 12 aromatic rings. The summed E-state index contributed by atoms with van der Waals surface area (Å²) < 4.78 is 23.9. The number of nitrogens with one attached hydrogen (secondary N) is 6. The van der Waals surface area contributed by atoms with Gasteiger partial charge in [0.15, 0.2) is 0 Å². The fraction of sp³-hybridized carbons (Fsp3) is 0.210. The zero-order valence-corrected chi connectivity index (χ0v) is 62.6. The molecule has 28 nitrogen and oxygen atoms in total. The third-order valence-electron chi connectivity index (χ3n) is 19.0. The van der Waals surface area contributed by atoms with Gasteiger partial charge in [-0.25, -0.2) is 18.4 Å². The van der Waals surface area contributed by atoms with Crippen molar-refractivity contribution in [3.05, 3.63) is 227 Å². The Bertz CT molecular complexity index is 5840. The van der Waals surface area contributed by atoms with Crippen molar-refractivity contribution in [2.75, 3.05) is 95.1 Å². The number of aromatic amines is 3. The highest BCUT2D eigenvalue weighted by Crippen LogP contribution is 2.45. The van der Waals surface area contributed by atoms with Crippen LogP contribution in [0.25, 0.3) is 83.2 Å². The van der Waals surface area contributed by atoms with Gasteiger partial charge in [0.2, 0.25) is 17.7 Å². The van der Waals surface area contributed by atoms with Crippen molar-refractivity contribution in [2.45, 2.75) is 52.4 Å². The minimum absolute atomic E-state index is 0.00495. The summed E-state index contributed by atoms with van der Waals surface area (Å²) in [5.74, 6) is -1.31. The molecule has 111 heavy (non-hydrogen) atoms. The molecule has 0 atom stereocenters.